The second kappa shape index (κ2) is 10.4. The van der Waals surface area contributed by atoms with Gasteiger partial charge >= 0.3 is 5.97 Å². The monoisotopic (exact) mass is 448 g/mol. The highest BCUT2D eigenvalue weighted by Crippen LogP contribution is 2.27. The number of para-hydroxylation sites is 1. The summed E-state index contributed by atoms with van der Waals surface area (Å²) in [6, 6.07) is 10.5. The molecule has 0 saturated carbocycles. The van der Waals surface area contributed by atoms with E-state index in [1.165, 1.54) is 24.3 Å². The minimum Gasteiger partial charge on any atom is -0.504 e. The smallest absolute Gasteiger partial charge is 0.330 e. The van der Waals surface area contributed by atoms with Crippen molar-refractivity contribution in [3.63, 3.8) is 0 Å². The molecule has 0 aliphatic carbocycles. The molecule has 32 heavy (non-hydrogen) atoms. The molecular formula is C22H24O10. The lowest BCUT2D eigenvalue weighted by atomic mass is 9.99. The van der Waals surface area contributed by atoms with E-state index in [2.05, 4.69) is 0 Å². The van der Waals surface area contributed by atoms with E-state index in [9.17, 15) is 35.4 Å². The minimum absolute atomic E-state index is 0.221. The van der Waals surface area contributed by atoms with E-state index >= 15 is 0 Å². The molecular weight excluding hydrogens is 424 g/mol. The Morgan fingerprint density at radius 1 is 1.00 bits per heavy atom. The Kier molecular flexibility index (Phi) is 7.67. The summed E-state index contributed by atoms with van der Waals surface area (Å²) < 4.78 is 16.1. The Balaban J connectivity index is 1.61. The van der Waals surface area contributed by atoms with Gasteiger partial charge in [-0.1, -0.05) is 24.3 Å². The maximum absolute atomic E-state index is 12.0. The van der Waals surface area contributed by atoms with Crippen molar-refractivity contribution >= 4 is 12.0 Å². The topological polar surface area (TPSA) is 166 Å². The van der Waals surface area contributed by atoms with E-state index in [1.54, 1.807) is 24.3 Å². The Bertz CT molecular complexity index is 959. The molecule has 10 heteroatoms. The molecule has 1 aliphatic heterocycles. The molecule has 1 aliphatic rings. The molecule has 3 rings (SSSR count). The van der Waals surface area contributed by atoms with Crippen LogP contribution in [0.5, 0.6) is 17.2 Å². The summed E-state index contributed by atoms with van der Waals surface area (Å²) >= 11 is 0. The van der Waals surface area contributed by atoms with Crippen LogP contribution in [0, 0.1) is 0 Å². The Hall–Kier alpha value is -3.15. The second-order valence-electron chi connectivity index (χ2n) is 7.11. The van der Waals surface area contributed by atoms with Crippen LogP contribution in [0.25, 0.3) is 6.08 Å². The van der Waals surface area contributed by atoms with Gasteiger partial charge in [0.05, 0.1) is 6.61 Å². The number of carbonyl (C=O) groups excluding carboxylic acids is 1. The Morgan fingerprint density at radius 2 is 1.75 bits per heavy atom. The molecule has 0 spiro atoms. The number of aliphatic hydroxyl groups is 4. The van der Waals surface area contributed by atoms with Gasteiger partial charge in [-0.2, -0.15) is 0 Å². The number of phenols is 2. The van der Waals surface area contributed by atoms with Gasteiger partial charge in [0.1, 0.15) is 36.8 Å². The van der Waals surface area contributed by atoms with Gasteiger partial charge in [0.15, 0.2) is 11.5 Å². The SMILES string of the molecule is O=C(C=Cc1ccc(O)c(O)c1)OCC1OC(Oc2ccccc2CO)C(O)C(O)C1O. The van der Waals surface area contributed by atoms with Crippen molar-refractivity contribution < 1.29 is 49.6 Å². The van der Waals surface area contributed by atoms with E-state index < -0.39 is 43.3 Å². The fourth-order valence-corrected chi connectivity index (χ4v) is 3.05. The lowest BCUT2D eigenvalue weighted by molar-refractivity contribution is -0.278. The van der Waals surface area contributed by atoms with Crippen molar-refractivity contribution in [2.24, 2.45) is 0 Å². The number of hydrogen-bond acceptors (Lipinski definition) is 10. The molecule has 1 heterocycles. The maximum atomic E-state index is 12.0. The van der Waals surface area contributed by atoms with Crippen LogP contribution in [0.2, 0.25) is 0 Å². The number of hydrogen-bond donors (Lipinski definition) is 6. The van der Waals surface area contributed by atoms with Gasteiger partial charge in [-0.3, -0.25) is 0 Å². The summed E-state index contributed by atoms with van der Waals surface area (Å²) in [5.41, 5.74) is 0.859. The van der Waals surface area contributed by atoms with Gasteiger partial charge in [0.2, 0.25) is 6.29 Å². The zero-order valence-corrected chi connectivity index (χ0v) is 16.8. The first-order valence-corrected chi connectivity index (χ1v) is 9.72. The van der Waals surface area contributed by atoms with Gasteiger partial charge in [-0.05, 0) is 29.8 Å². The highest BCUT2D eigenvalue weighted by molar-refractivity contribution is 5.87. The molecule has 0 bridgehead atoms. The van der Waals surface area contributed by atoms with E-state index in [4.69, 9.17) is 14.2 Å². The number of aromatic hydroxyl groups is 2. The normalized spacial score (nSPS) is 25.6. The fourth-order valence-electron chi connectivity index (χ4n) is 3.05. The summed E-state index contributed by atoms with van der Waals surface area (Å²) in [7, 11) is 0. The molecule has 0 radical (unpaired) electrons. The van der Waals surface area contributed by atoms with E-state index in [0.29, 0.717) is 11.1 Å². The third-order valence-corrected chi connectivity index (χ3v) is 4.86. The summed E-state index contributed by atoms with van der Waals surface area (Å²) in [5.74, 6) is -1.22. The van der Waals surface area contributed by atoms with Crippen LogP contribution in [0.15, 0.2) is 48.5 Å². The Morgan fingerprint density at radius 3 is 2.47 bits per heavy atom. The molecule has 0 aromatic heterocycles. The molecule has 2 aromatic rings. The van der Waals surface area contributed by atoms with E-state index in [1.807, 2.05) is 0 Å². The van der Waals surface area contributed by atoms with Crippen molar-refractivity contribution in [3.05, 3.63) is 59.7 Å². The largest absolute Gasteiger partial charge is 0.504 e. The van der Waals surface area contributed by atoms with Crippen molar-refractivity contribution in [2.75, 3.05) is 6.61 Å². The molecule has 5 unspecified atom stereocenters. The third kappa shape index (κ3) is 5.55. The fraction of sp³-hybridized carbons (Fsp3) is 0.318. The van der Waals surface area contributed by atoms with Crippen LogP contribution < -0.4 is 4.74 Å². The molecule has 1 fully saturated rings. The van der Waals surface area contributed by atoms with Crippen LogP contribution in [-0.2, 0) is 20.9 Å². The number of phenolic OH excluding ortho intramolecular Hbond substituents is 2. The van der Waals surface area contributed by atoms with Gasteiger partial charge < -0.3 is 44.8 Å². The molecule has 2 aromatic carbocycles. The lowest BCUT2D eigenvalue weighted by Gasteiger charge is -2.40. The van der Waals surface area contributed by atoms with Gasteiger partial charge in [-0.25, -0.2) is 4.79 Å². The average molecular weight is 448 g/mol. The number of aliphatic hydroxyl groups excluding tert-OH is 4. The number of benzene rings is 2. The summed E-state index contributed by atoms with van der Waals surface area (Å²) in [6.07, 6.45) is -4.95. The number of ether oxygens (including phenoxy) is 3. The number of rotatable bonds is 7. The standard InChI is InChI=1S/C22H24O10/c23-10-13-3-1-2-4-16(13)31-22-21(29)20(28)19(27)17(32-22)11-30-18(26)8-6-12-5-7-14(24)15(25)9-12/h1-9,17,19-25,27-29H,10-11H2. The minimum atomic E-state index is -1.63. The highest BCUT2D eigenvalue weighted by atomic mass is 16.7. The van der Waals surface area contributed by atoms with Crippen LogP contribution in [0.1, 0.15) is 11.1 Å². The summed E-state index contributed by atoms with van der Waals surface area (Å²) in [6.45, 7) is -0.771. The summed E-state index contributed by atoms with van der Waals surface area (Å²) in [4.78, 5) is 12.0. The van der Waals surface area contributed by atoms with Crippen LogP contribution >= 0.6 is 0 Å². The van der Waals surface area contributed by atoms with Crippen molar-refractivity contribution in [3.8, 4) is 17.2 Å². The molecule has 6 N–H and O–H groups in total. The van der Waals surface area contributed by atoms with Crippen LogP contribution in [0.3, 0.4) is 0 Å². The zero-order chi connectivity index (χ0) is 23.3. The van der Waals surface area contributed by atoms with Crippen LogP contribution in [0.4, 0.5) is 0 Å². The second-order valence-corrected chi connectivity index (χ2v) is 7.11. The van der Waals surface area contributed by atoms with Crippen LogP contribution in [-0.4, -0.2) is 73.9 Å². The molecule has 1 saturated heterocycles. The zero-order valence-electron chi connectivity index (χ0n) is 16.8. The number of esters is 1. The van der Waals surface area contributed by atoms with Crippen molar-refractivity contribution in [2.45, 2.75) is 37.3 Å². The van der Waals surface area contributed by atoms with Gasteiger partial charge in [0.25, 0.3) is 0 Å². The first-order chi connectivity index (χ1) is 15.3. The van der Waals surface area contributed by atoms with Crippen molar-refractivity contribution in [1.82, 2.24) is 0 Å². The third-order valence-electron chi connectivity index (χ3n) is 4.86. The lowest BCUT2D eigenvalue weighted by Crippen LogP contribution is -2.60. The predicted octanol–water partition coefficient (Wildman–Crippen LogP) is 0.0331. The van der Waals surface area contributed by atoms with Gasteiger partial charge in [-0.15, -0.1) is 0 Å². The quantitative estimate of drug-likeness (QED) is 0.193. The predicted molar refractivity (Wildman–Crippen MR) is 109 cm³/mol. The first-order valence-electron chi connectivity index (χ1n) is 9.72. The molecule has 0 amide bonds. The van der Waals surface area contributed by atoms with E-state index in [0.717, 1.165) is 6.08 Å². The number of carbonyl (C=O) groups is 1. The molecule has 10 nitrogen and oxygen atoms in total. The van der Waals surface area contributed by atoms with E-state index in [-0.39, 0.29) is 23.9 Å². The van der Waals surface area contributed by atoms with Gasteiger partial charge in [0, 0.05) is 11.6 Å². The molecule has 172 valence electrons. The van der Waals surface area contributed by atoms with Crippen molar-refractivity contribution in [1.29, 1.82) is 0 Å². The summed E-state index contributed by atoms with van der Waals surface area (Å²) in [5, 5.41) is 58.7. The Labute approximate surface area is 183 Å². The first kappa shape index (κ1) is 23.5. The highest BCUT2D eigenvalue weighted by Gasteiger charge is 2.45. The maximum Gasteiger partial charge on any atom is 0.330 e. The molecule has 5 atom stereocenters. The average Bonchev–Trinajstić information content (AvgIpc) is 2.79.